The van der Waals surface area contributed by atoms with Gasteiger partial charge in [0.25, 0.3) is 0 Å². The summed E-state index contributed by atoms with van der Waals surface area (Å²) in [4.78, 5) is 4.26. The number of aromatic nitrogens is 3. The van der Waals surface area contributed by atoms with Crippen LogP contribution in [0.25, 0.3) is 11.0 Å². The van der Waals surface area contributed by atoms with E-state index in [9.17, 15) is 20.4 Å². The van der Waals surface area contributed by atoms with Crippen LogP contribution in [0.5, 0.6) is 5.88 Å². The molecule has 0 spiro atoms. The zero-order chi connectivity index (χ0) is 20.4. The predicted molar refractivity (Wildman–Crippen MR) is 102 cm³/mol. The van der Waals surface area contributed by atoms with Gasteiger partial charge in [-0.2, -0.15) is 0 Å². The molecule has 9 nitrogen and oxygen atoms in total. The van der Waals surface area contributed by atoms with E-state index in [1.54, 1.807) is 6.20 Å². The zero-order valence-electron chi connectivity index (χ0n) is 15.5. The van der Waals surface area contributed by atoms with Crippen molar-refractivity contribution in [3.05, 3.63) is 53.7 Å². The van der Waals surface area contributed by atoms with Crippen molar-refractivity contribution in [3.8, 4) is 5.88 Å². The Balaban J connectivity index is 1.58. The Morgan fingerprint density at radius 1 is 1.00 bits per heavy atom. The summed E-state index contributed by atoms with van der Waals surface area (Å²) in [5.74, 6) is 0.167. The Kier molecular flexibility index (Phi) is 5.74. The van der Waals surface area contributed by atoms with Crippen molar-refractivity contribution < 1.29 is 29.9 Å². The Bertz CT molecular complexity index is 948. The smallest absolute Gasteiger partial charge is 0.244 e. The number of benzene rings is 1. The highest BCUT2D eigenvalue weighted by Crippen LogP contribution is 2.30. The second-order valence-corrected chi connectivity index (χ2v) is 7.02. The lowest BCUT2D eigenvalue weighted by Crippen LogP contribution is -2.60. The van der Waals surface area contributed by atoms with Crippen LogP contribution in [0.2, 0.25) is 0 Å². The van der Waals surface area contributed by atoms with E-state index in [0.29, 0.717) is 17.5 Å². The van der Waals surface area contributed by atoms with Gasteiger partial charge in [0.15, 0.2) is 5.65 Å². The molecule has 4 rings (SSSR count). The van der Waals surface area contributed by atoms with Crippen LogP contribution >= 0.6 is 0 Å². The maximum atomic E-state index is 10.2. The number of hydrogen-bond donors (Lipinski definition) is 5. The molecule has 5 N–H and O–H groups in total. The third-order valence-corrected chi connectivity index (χ3v) is 5.12. The van der Waals surface area contributed by atoms with Gasteiger partial charge >= 0.3 is 0 Å². The quantitative estimate of drug-likeness (QED) is 0.386. The molecular weight excluding hydrogens is 378 g/mol. The summed E-state index contributed by atoms with van der Waals surface area (Å²) in [6.45, 7) is -0.532. The summed E-state index contributed by atoms with van der Waals surface area (Å²) in [6.07, 6.45) is -3.64. The summed E-state index contributed by atoms with van der Waals surface area (Å²) in [5, 5.41) is 47.0. The average Bonchev–Trinajstić information content (AvgIpc) is 3.17. The van der Waals surface area contributed by atoms with E-state index >= 15 is 0 Å². The van der Waals surface area contributed by atoms with Gasteiger partial charge in [-0.25, -0.2) is 4.98 Å². The number of hydrogen-bond acceptors (Lipinski definition) is 8. The van der Waals surface area contributed by atoms with Crippen molar-refractivity contribution in [1.29, 1.82) is 0 Å². The van der Waals surface area contributed by atoms with Crippen LogP contribution in [0.15, 0.2) is 42.6 Å². The molecule has 154 valence electrons. The molecule has 1 aliphatic rings. The molecule has 0 radical (unpaired) electrons. The Hall–Kier alpha value is -2.56. The number of aromatic amines is 1. The van der Waals surface area contributed by atoms with Gasteiger partial charge < -0.3 is 29.9 Å². The topological polar surface area (TPSA) is 141 Å². The largest absolute Gasteiger partial charge is 0.443 e. The number of H-pyrrole nitrogens is 1. The lowest BCUT2D eigenvalue weighted by molar-refractivity contribution is -0.277. The van der Waals surface area contributed by atoms with Gasteiger partial charge in [-0.3, -0.25) is 5.10 Å². The van der Waals surface area contributed by atoms with Crippen molar-refractivity contribution in [3.63, 3.8) is 0 Å². The number of aliphatic hydroxyl groups excluding tert-OH is 4. The van der Waals surface area contributed by atoms with E-state index in [0.717, 1.165) is 12.0 Å². The maximum absolute atomic E-state index is 10.2. The minimum Gasteiger partial charge on any atom is -0.443 e. The number of aryl methyl sites for hydroxylation is 2. The van der Waals surface area contributed by atoms with E-state index < -0.39 is 37.3 Å². The molecule has 0 unspecified atom stereocenters. The van der Waals surface area contributed by atoms with Gasteiger partial charge in [-0.05, 0) is 30.0 Å². The Morgan fingerprint density at radius 2 is 1.79 bits per heavy atom. The van der Waals surface area contributed by atoms with Gasteiger partial charge in [0.05, 0.1) is 12.0 Å². The number of pyridine rings is 1. The molecule has 0 amide bonds. The second-order valence-electron chi connectivity index (χ2n) is 7.02. The molecule has 3 heterocycles. The van der Waals surface area contributed by atoms with Crippen LogP contribution in [-0.2, 0) is 17.6 Å². The van der Waals surface area contributed by atoms with E-state index in [2.05, 4.69) is 27.3 Å². The van der Waals surface area contributed by atoms with E-state index in [1.807, 2.05) is 24.3 Å². The SMILES string of the molecule is OC[C@H]1O[C@@H](Oc2n[nH]c3nccc(CCc4ccccc4)c23)[C@H](O)[C@@H](O)[C@@H]1O. The highest BCUT2D eigenvalue weighted by Gasteiger charge is 2.45. The monoisotopic (exact) mass is 401 g/mol. The molecule has 0 aliphatic carbocycles. The van der Waals surface area contributed by atoms with Crippen molar-refractivity contribution in [2.45, 2.75) is 43.5 Å². The lowest BCUT2D eigenvalue weighted by atomic mass is 9.99. The molecule has 9 heteroatoms. The Labute approximate surface area is 166 Å². The fourth-order valence-electron chi connectivity index (χ4n) is 3.48. The summed E-state index contributed by atoms with van der Waals surface area (Å²) < 4.78 is 11.1. The van der Waals surface area contributed by atoms with E-state index in [1.165, 1.54) is 5.56 Å². The van der Waals surface area contributed by atoms with Crippen molar-refractivity contribution in [1.82, 2.24) is 15.2 Å². The number of nitrogens with one attached hydrogen (secondary N) is 1. The first-order chi connectivity index (χ1) is 14.1. The summed E-state index contributed by atoms with van der Waals surface area (Å²) in [7, 11) is 0. The summed E-state index contributed by atoms with van der Waals surface area (Å²) in [6, 6.07) is 11.9. The number of ether oxygens (including phenoxy) is 2. The molecule has 2 aromatic heterocycles. The molecule has 1 fully saturated rings. The molecule has 29 heavy (non-hydrogen) atoms. The number of nitrogens with zero attached hydrogens (tertiary/aromatic N) is 2. The highest BCUT2D eigenvalue weighted by molar-refractivity contribution is 5.84. The molecule has 5 atom stereocenters. The average molecular weight is 401 g/mol. The van der Waals surface area contributed by atoms with Crippen LogP contribution < -0.4 is 4.74 Å². The fourth-order valence-corrected chi connectivity index (χ4v) is 3.48. The van der Waals surface area contributed by atoms with Crippen LogP contribution in [0.1, 0.15) is 11.1 Å². The van der Waals surface area contributed by atoms with Gasteiger partial charge in [0.2, 0.25) is 12.2 Å². The van der Waals surface area contributed by atoms with Crippen molar-refractivity contribution >= 4 is 11.0 Å². The van der Waals surface area contributed by atoms with Gasteiger partial charge in [0.1, 0.15) is 24.4 Å². The summed E-state index contributed by atoms with van der Waals surface area (Å²) in [5.41, 5.74) is 2.67. The molecule has 1 saturated heterocycles. The first-order valence-electron chi connectivity index (χ1n) is 9.41. The normalized spacial score (nSPS) is 27.2. The minimum absolute atomic E-state index is 0.167. The molecular formula is C20H23N3O6. The predicted octanol–water partition coefficient (Wildman–Crippen LogP) is -0.0782. The molecule has 3 aromatic rings. The molecule has 0 saturated carbocycles. The highest BCUT2D eigenvalue weighted by atomic mass is 16.7. The number of aliphatic hydroxyl groups is 4. The van der Waals surface area contributed by atoms with Crippen molar-refractivity contribution in [2.24, 2.45) is 0 Å². The number of rotatable bonds is 6. The first kappa shape index (κ1) is 19.7. The van der Waals surface area contributed by atoms with Crippen molar-refractivity contribution in [2.75, 3.05) is 6.61 Å². The van der Waals surface area contributed by atoms with Gasteiger partial charge in [-0.1, -0.05) is 30.3 Å². The molecule has 1 aliphatic heterocycles. The third kappa shape index (κ3) is 3.96. The Morgan fingerprint density at radius 3 is 2.55 bits per heavy atom. The standard InChI is InChI=1S/C20H23N3O6/c24-10-13-15(25)16(26)17(27)20(28-13)29-19-14-12(8-9-21-18(14)22-23-19)7-6-11-4-2-1-3-5-11/h1-5,8-9,13,15-17,20,24-27H,6-7,10H2,(H,21,22,23)/t13-,15-,16+,17-,20+/m1/s1. The summed E-state index contributed by atoms with van der Waals surface area (Å²) >= 11 is 0. The third-order valence-electron chi connectivity index (χ3n) is 5.12. The van der Waals surface area contributed by atoms with E-state index in [4.69, 9.17) is 9.47 Å². The maximum Gasteiger partial charge on any atom is 0.244 e. The van der Waals surface area contributed by atoms with Crippen LogP contribution in [0, 0.1) is 0 Å². The van der Waals surface area contributed by atoms with Gasteiger partial charge in [-0.15, -0.1) is 5.10 Å². The van der Waals surface area contributed by atoms with E-state index in [-0.39, 0.29) is 5.88 Å². The molecule has 0 bridgehead atoms. The second kappa shape index (κ2) is 8.44. The van der Waals surface area contributed by atoms with Crippen LogP contribution in [-0.4, -0.2) is 72.9 Å². The fraction of sp³-hybridized carbons (Fsp3) is 0.400. The first-order valence-corrected chi connectivity index (χ1v) is 9.41. The van der Waals surface area contributed by atoms with Crippen LogP contribution in [0.4, 0.5) is 0 Å². The molecule has 1 aromatic carbocycles. The lowest BCUT2D eigenvalue weighted by Gasteiger charge is -2.39. The number of fused-ring (bicyclic) bond motifs is 1. The zero-order valence-corrected chi connectivity index (χ0v) is 15.5. The minimum atomic E-state index is -1.52. The van der Waals surface area contributed by atoms with Gasteiger partial charge in [0, 0.05) is 6.20 Å². The van der Waals surface area contributed by atoms with Crippen LogP contribution in [0.3, 0.4) is 0 Å².